The summed E-state index contributed by atoms with van der Waals surface area (Å²) in [5.41, 5.74) is 0.333. The molecule has 1 aromatic carbocycles. The number of benzene rings is 1. The molecule has 0 aromatic heterocycles. The van der Waals surface area contributed by atoms with Gasteiger partial charge in [0.25, 0.3) is 0 Å². The quantitative estimate of drug-likeness (QED) is 0.804. The van der Waals surface area contributed by atoms with E-state index in [1.165, 1.54) is 13.2 Å². The molecule has 2 atom stereocenters. The van der Waals surface area contributed by atoms with E-state index in [-0.39, 0.29) is 17.4 Å². The molecule has 6 heteroatoms. The molecular formula is C12H14ClFO3S. The van der Waals surface area contributed by atoms with Gasteiger partial charge < -0.3 is 4.74 Å². The van der Waals surface area contributed by atoms with Gasteiger partial charge in [-0.25, -0.2) is 12.8 Å². The van der Waals surface area contributed by atoms with Crippen molar-refractivity contribution in [2.45, 2.75) is 11.8 Å². The second-order valence-corrected chi connectivity index (χ2v) is 7.15. The average molecular weight is 293 g/mol. The number of halogens is 2. The molecule has 1 aromatic rings. The van der Waals surface area contributed by atoms with Crippen LogP contribution in [0.3, 0.4) is 0 Å². The lowest BCUT2D eigenvalue weighted by Gasteiger charge is -2.17. The van der Waals surface area contributed by atoms with Crippen molar-refractivity contribution in [1.29, 1.82) is 0 Å². The minimum Gasteiger partial charge on any atom is -0.497 e. The Balaban J connectivity index is 2.21. The Labute approximate surface area is 111 Å². The smallest absolute Gasteiger partial charge is 0.150 e. The monoisotopic (exact) mass is 292 g/mol. The number of sulfone groups is 1. The van der Waals surface area contributed by atoms with Crippen LogP contribution in [0, 0.1) is 11.7 Å². The molecule has 0 amide bonds. The topological polar surface area (TPSA) is 43.4 Å². The van der Waals surface area contributed by atoms with E-state index in [1.807, 2.05) is 0 Å². The molecule has 0 spiro atoms. The highest BCUT2D eigenvalue weighted by Gasteiger charge is 2.34. The van der Waals surface area contributed by atoms with Crippen molar-refractivity contribution >= 4 is 21.4 Å². The fourth-order valence-electron chi connectivity index (χ4n) is 2.17. The minimum absolute atomic E-state index is 0.0344. The summed E-state index contributed by atoms with van der Waals surface area (Å²) in [6.07, 6.45) is 0.488. The first-order valence-electron chi connectivity index (χ1n) is 5.61. The summed E-state index contributed by atoms with van der Waals surface area (Å²) in [7, 11) is -1.55. The highest BCUT2D eigenvalue weighted by Crippen LogP contribution is 2.38. The highest BCUT2D eigenvalue weighted by molar-refractivity contribution is 7.91. The number of ether oxygens (including phenoxy) is 1. The molecule has 0 radical (unpaired) electrons. The van der Waals surface area contributed by atoms with E-state index in [4.69, 9.17) is 16.3 Å². The van der Waals surface area contributed by atoms with Gasteiger partial charge in [0.1, 0.15) is 11.6 Å². The lowest BCUT2D eigenvalue weighted by atomic mass is 9.98. The number of methoxy groups -OCH3 is 1. The van der Waals surface area contributed by atoms with Gasteiger partial charge >= 0.3 is 0 Å². The lowest BCUT2D eigenvalue weighted by molar-refractivity contribution is 0.410. The van der Waals surface area contributed by atoms with Crippen LogP contribution in [0.15, 0.2) is 18.2 Å². The highest BCUT2D eigenvalue weighted by atomic mass is 35.5. The van der Waals surface area contributed by atoms with Crippen molar-refractivity contribution in [1.82, 2.24) is 0 Å². The molecule has 2 rings (SSSR count). The van der Waals surface area contributed by atoms with Gasteiger partial charge in [-0.2, -0.15) is 0 Å². The molecule has 100 valence electrons. The van der Waals surface area contributed by atoms with E-state index in [0.29, 0.717) is 17.7 Å². The van der Waals surface area contributed by atoms with E-state index >= 15 is 0 Å². The van der Waals surface area contributed by atoms with Crippen LogP contribution >= 0.6 is 11.6 Å². The molecule has 3 nitrogen and oxygen atoms in total. The zero-order valence-electron chi connectivity index (χ0n) is 9.90. The van der Waals surface area contributed by atoms with E-state index in [0.717, 1.165) is 0 Å². The first kappa shape index (κ1) is 13.6. The van der Waals surface area contributed by atoms with Gasteiger partial charge in [0.15, 0.2) is 9.84 Å². The standard InChI is InChI=1S/C12H14ClFO3S/c1-17-9-2-3-10(11(14)6-9)12(13)8-4-5-18(15,16)7-8/h2-3,6,8,12H,4-5,7H2,1H3. The van der Waals surface area contributed by atoms with E-state index in [9.17, 15) is 12.8 Å². The normalized spacial score (nSPS) is 23.8. The first-order valence-corrected chi connectivity index (χ1v) is 7.86. The van der Waals surface area contributed by atoms with Crippen LogP contribution < -0.4 is 4.74 Å². The predicted molar refractivity (Wildman–Crippen MR) is 68.3 cm³/mol. The molecule has 1 heterocycles. The van der Waals surface area contributed by atoms with Crippen molar-refractivity contribution in [3.63, 3.8) is 0 Å². The maximum Gasteiger partial charge on any atom is 0.150 e. The zero-order valence-corrected chi connectivity index (χ0v) is 11.5. The van der Waals surface area contributed by atoms with Crippen molar-refractivity contribution in [2.24, 2.45) is 5.92 Å². The molecule has 0 bridgehead atoms. The summed E-state index contributed by atoms with van der Waals surface area (Å²) in [6, 6.07) is 4.43. The number of alkyl halides is 1. The largest absolute Gasteiger partial charge is 0.497 e. The van der Waals surface area contributed by atoms with Gasteiger partial charge in [0, 0.05) is 11.6 Å². The molecule has 1 aliphatic heterocycles. The molecule has 2 unspecified atom stereocenters. The van der Waals surface area contributed by atoms with Crippen LogP contribution in [-0.2, 0) is 9.84 Å². The van der Waals surface area contributed by atoms with Crippen LogP contribution in [0.4, 0.5) is 4.39 Å². The third kappa shape index (κ3) is 2.78. The number of hydrogen-bond donors (Lipinski definition) is 0. The van der Waals surface area contributed by atoms with E-state index in [2.05, 4.69) is 0 Å². The van der Waals surface area contributed by atoms with Crippen molar-refractivity contribution in [3.8, 4) is 5.75 Å². The van der Waals surface area contributed by atoms with Crippen LogP contribution in [-0.4, -0.2) is 27.0 Å². The summed E-state index contributed by atoms with van der Waals surface area (Å²) < 4.78 is 41.5. The number of rotatable bonds is 3. The van der Waals surface area contributed by atoms with E-state index < -0.39 is 21.0 Å². The Bertz CT molecular complexity index is 544. The molecular weight excluding hydrogens is 279 g/mol. The Hall–Kier alpha value is -0.810. The summed E-state index contributed by atoms with van der Waals surface area (Å²) in [5.74, 6) is -0.0944. The van der Waals surface area contributed by atoms with Gasteiger partial charge in [0.05, 0.1) is 24.0 Å². The third-order valence-corrected chi connectivity index (χ3v) is 5.57. The predicted octanol–water partition coefficient (Wildman–Crippen LogP) is 2.55. The molecule has 0 aliphatic carbocycles. The van der Waals surface area contributed by atoms with Gasteiger partial charge in [0.2, 0.25) is 0 Å². The van der Waals surface area contributed by atoms with Crippen molar-refractivity contribution in [3.05, 3.63) is 29.6 Å². The van der Waals surface area contributed by atoms with Crippen LogP contribution in [0.1, 0.15) is 17.4 Å². The maximum atomic E-state index is 13.8. The van der Waals surface area contributed by atoms with Crippen molar-refractivity contribution in [2.75, 3.05) is 18.6 Å². The van der Waals surface area contributed by atoms with Crippen LogP contribution in [0.2, 0.25) is 0 Å². The van der Waals surface area contributed by atoms with Crippen LogP contribution in [0.5, 0.6) is 5.75 Å². The third-order valence-electron chi connectivity index (χ3n) is 3.19. The molecule has 0 N–H and O–H groups in total. The Morgan fingerprint density at radius 2 is 2.22 bits per heavy atom. The SMILES string of the molecule is COc1ccc(C(Cl)C2CCS(=O)(=O)C2)c(F)c1. The average Bonchev–Trinajstić information content (AvgIpc) is 2.68. The van der Waals surface area contributed by atoms with Gasteiger partial charge in [-0.15, -0.1) is 11.6 Å². The fraction of sp³-hybridized carbons (Fsp3) is 0.500. The molecule has 1 aliphatic rings. The Kier molecular flexibility index (Phi) is 3.82. The molecule has 1 saturated heterocycles. The molecule has 18 heavy (non-hydrogen) atoms. The van der Waals surface area contributed by atoms with Crippen LogP contribution in [0.25, 0.3) is 0 Å². The van der Waals surface area contributed by atoms with Gasteiger partial charge in [-0.1, -0.05) is 6.07 Å². The summed E-state index contributed by atoms with van der Waals surface area (Å²) in [5, 5.41) is -0.617. The number of hydrogen-bond acceptors (Lipinski definition) is 3. The fourth-order valence-corrected chi connectivity index (χ4v) is 4.50. The summed E-state index contributed by atoms with van der Waals surface area (Å²) in [6.45, 7) is 0. The second kappa shape index (κ2) is 5.05. The molecule has 1 fully saturated rings. The first-order chi connectivity index (χ1) is 8.43. The zero-order chi connectivity index (χ0) is 13.3. The Morgan fingerprint density at radius 1 is 1.50 bits per heavy atom. The van der Waals surface area contributed by atoms with Gasteiger partial charge in [-0.05, 0) is 18.4 Å². The van der Waals surface area contributed by atoms with Gasteiger partial charge in [-0.3, -0.25) is 0 Å². The summed E-state index contributed by atoms with van der Waals surface area (Å²) >= 11 is 6.20. The second-order valence-electron chi connectivity index (χ2n) is 4.45. The summed E-state index contributed by atoms with van der Waals surface area (Å²) in [4.78, 5) is 0. The van der Waals surface area contributed by atoms with Crippen molar-refractivity contribution < 1.29 is 17.5 Å². The lowest BCUT2D eigenvalue weighted by Crippen LogP contribution is -2.11. The van der Waals surface area contributed by atoms with E-state index in [1.54, 1.807) is 12.1 Å². The maximum absolute atomic E-state index is 13.8. The minimum atomic E-state index is -3.01. The Morgan fingerprint density at radius 3 is 2.72 bits per heavy atom. The molecule has 0 saturated carbocycles.